The van der Waals surface area contributed by atoms with Gasteiger partial charge in [-0.3, -0.25) is 9.59 Å². The summed E-state index contributed by atoms with van der Waals surface area (Å²) in [7, 11) is 0. The van der Waals surface area contributed by atoms with Gasteiger partial charge in [-0.25, -0.2) is 0 Å². The fourth-order valence-corrected chi connectivity index (χ4v) is 2.25. The minimum atomic E-state index is -0.995. The number of carboxylic acids is 1. The van der Waals surface area contributed by atoms with Crippen molar-refractivity contribution in [1.82, 2.24) is 0 Å². The topological polar surface area (TPSA) is 63.6 Å². The molecule has 118 valence electrons. The van der Waals surface area contributed by atoms with Gasteiger partial charge in [-0.05, 0) is 31.1 Å². The first-order valence-corrected chi connectivity index (χ1v) is 7.43. The Morgan fingerprint density at radius 3 is 1.85 bits per heavy atom. The molecular formula is C16H30O4. The molecule has 0 spiro atoms. The smallest absolute Gasteiger partial charge is 0.312 e. The summed E-state index contributed by atoms with van der Waals surface area (Å²) in [5.74, 6) is -1.68. The number of carbonyl (C=O) groups excluding carboxylic acids is 1. The highest BCUT2D eigenvalue weighted by Gasteiger charge is 2.49. The van der Waals surface area contributed by atoms with E-state index in [1.54, 1.807) is 6.92 Å². The van der Waals surface area contributed by atoms with Crippen LogP contribution in [0.5, 0.6) is 0 Å². The fraction of sp³-hybridized carbons (Fsp3) is 0.875. The SMILES string of the molecule is CC(C)COC(=O)C(C)(C(C)C)C(CC(C)C)C(=O)O. The average molecular weight is 286 g/mol. The van der Waals surface area contributed by atoms with E-state index in [0.717, 1.165) is 0 Å². The molecule has 0 aromatic rings. The Morgan fingerprint density at radius 2 is 1.55 bits per heavy atom. The molecule has 0 heterocycles. The molecule has 0 aliphatic rings. The summed E-state index contributed by atoms with van der Waals surface area (Å²) in [6.07, 6.45) is 0.473. The molecule has 20 heavy (non-hydrogen) atoms. The van der Waals surface area contributed by atoms with Gasteiger partial charge in [0.2, 0.25) is 0 Å². The molecule has 0 saturated heterocycles. The normalized spacial score (nSPS) is 16.3. The first kappa shape index (κ1) is 18.9. The van der Waals surface area contributed by atoms with Crippen molar-refractivity contribution in [3.8, 4) is 0 Å². The lowest BCUT2D eigenvalue weighted by atomic mass is 9.66. The first-order valence-electron chi connectivity index (χ1n) is 7.43. The number of rotatable bonds is 8. The number of carbonyl (C=O) groups is 2. The third kappa shape index (κ3) is 4.80. The quantitative estimate of drug-likeness (QED) is 0.692. The fourth-order valence-electron chi connectivity index (χ4n) is 2.25. The summed E-state index contributed by atoms with van der Waals surface area (Å²) in [6, 6.07) is 0. The van der Waals surface area contributed by atoms with Crippen molar-refractivity contribution in [2.45, 2.75) is 54.9 Å². The molecule has 0 fully saturated rings. The van der Waals surface area contributed by atoms with Gasteiger partial charge in [-0.15, -0.1) is 0 Å². The van der Waals surface area contributed by atoms with Crippen molar-refractivity contribution in [3.63, 3.8) is 0 Å². The summed E-state index contributed by atoms with van der Waals surface area (Å²) >= 11 is 0. The van der Waals surface area contributed by atoms with Crippen molar-refractivity contribution in [1.29, 1.82) is 0 Å². The van der Waals surface area contributed by atoms with Gasteiger partial charge in [0.25, 0.3) is 0 Å². The molecule has 4 nitrogen and oxygen atoms in total. The molecule has 0 saturated carbocycles. The maximum atomic E-state index is 12.5. The van der Waals surface area contributed by atoms with Crippen LogP contribution in [0.4, 0.5) is 0 Å². The van der Waals surface area contributed by atoms with Crippen LogP contribution in [0.1, 0.15) is 54.9 Å². The Bertz CT molecular complexity index is 333. The van der Waals surface area contributed by atoms with Gasteiger partial charge in [0.1, 0.15) is 0 Å². The first-order chi connectivity index (χ1) is 9.03. The molecule has 0 aromatic heterocycles. The minimum absolute atomic E-state index is 0.0954. The number of esters is 1. The number of hydrogen-bond donors (Lipinski definition) is 1. The van der Waals surface area contributed by atoms with E-state index in [2.05, 4.69) is 0 Å². The predicted octanol–water partition coefficient (Wildman–Crippen LogP) is 3.59. The monoisotopic (exact) mass is 286 g/mol. The van der Waals surface area contributed by atoms with Crippen molar-refractivity contribution < 1.29 is 19.4 Å². The number of aliphatic carboxylic acids is 1. The second-order valence-electron chi connectivity index (χ2n) is 6.95. The van der Waals surface area contributed by atoms with Crippen LogP contribution in [0, 0.1) is 29.1 Å². The molecule has 2 unspecified atom stereocenters. The lowest BCUT2D eigenvalue weighted by molar-refractivity contribution is -0.171. The van der Waals surface area contributed by atoms with Crippen LogP contribution in [0.25, 0.3) is 0 Å². The van der Waals surface area contributed by atoms with Crippen molar-refractivity contribution in [2.24, 2.45) is 29.1 Å². The minimum Gasteiger partial charge on any atom is -0.481 e. The van der Waals surface area contributed by atoms with Crippen LogP contribution >= 0.6 is 0 Å². The van der Waals surface area contributed by atoms with E-state index >= 15 is 0 Å². The maximum Gasteiger partial charge on any atom is 0.312 e. The van der Waals surface area contributed by atoms with Crippen LogP contribution in [0.15, 0.2) is 0 Å². The third-order valence-corrected chi connectivity index (χ3v) is 3.92. The Labute approximate surface area is 122 Å². The number of ether oxygens (including phenoxy) is 1. The van der Waals surface area contributed by atoms with E-state index in [1.807, 2.05) is 41.5 Å². The van der Waals surface area contributed by atoms with E-state index in [4.69, 9.17) is 4.74 Å². The molecule has 0 radical (unpaired) electrons. The lowest BCUT2D eigenvalue weighted by Gasteiger charge is -2.37. The number of carboxylic acid groups (broad SMARTS) is 1. The highest BCUT2D eigenvalue weighted by Crippen LogP contribution is 2.40. The second-order valence-corrected chi connectivity index (χ2v) is 6.95. The second kappa shape index (κ2) is 7.65. The van der Waals surface area contributed by atoms with Gasteiger partial charge in [-0.1, -0.05) is 41.5 Å². The summed E-state index contributed by atoms with van der Waals surface area (Å²) in [5.41, 5.74) is -0.995. The summed E-state index contributed by atoms with van der Waals surface area (Å²) in [4.78, 5) is 24.1. The van der Waals surface area contributed by atoms with Crippen molar-refractivity contribution in [3.05, 3.63) is 0 Å². The predicted molar refractivity (Wildman–Crippen MR) is 79.3 cm³/mol. The van der Waals surface area contributed by atoms with Crippen LogP contribution < -0.4 is 0 Å². The van der Waals surface area contributed by atoms with Crippen LogP contribution in [-0.2, 0) is 14.3 Å². The zero-order valence-corrected chi connectivity index (χ0v) is 13.9. The zero-order chi connectivity index (χ0) is 16.1. The molecule has 2 atom stereocenters. The standard InChI is InChI=1S/C16H30O4/c1-10(2)8-13(14(17)18)16(7,12(5)6)15(19)20-9-11(3)4/h10-13H,8-9H2,1-7H3,(H,17,18). The van der Waals surface area contributed by atoms with Crippen LogP contribution in [-0.4, -0.2) is 23.7 Å². The zero-order valence-electron chi connectivity index (χ0n) is 13.9. The van der Waals surface area contributed by atoms with Gasteiger partial charge in [0.05, 0.1) is 17.9 Å². The Hall–Kier alpha value is -1.06. The highest BCUT2D eigenvalue weighted by molar-refractivity contribution is 5.84. The van der Waals surface area contributed by atoms with E-state index in [9.17, 15) is 14.7 Å². The summed E-state index contributed by atoms with van der Waals surface area (Å²) < 4.78 is 5.34. The molecule has 1 N–H and O–H groups in total. The summed E-state index contributed by atoms with van der Waals surface area (Å²) in [6.45, 7) is 13.7. The van der Waals surface area contributed by atoms with Gasteiger partial charge >= 0.3 is 11.9 Å². The Morgan fingerprint density at radius 1 is 1.05 bits per heavy atom. The average Bonchev–Trinajstić information content (AvgIpc) is 2.30. The van der Waals surface area contributed by atoms with E-state index in [1.165, 1.54) is 0 Å². The van der Waals surface area contributed by atoms with Crippen LogP contribution in [0.2, 0.25) is 0 Å². The third-order valence-electron chi connectivity index (χ3n) is 3.92. The van der Waals surface area contributed by atoms with E-state index in [-0.39, 0.29) is 17.8 Å². The lowest BCUT2D eigenvalue weighted by Crippen LogP contribution is -2.46. The molecule has 0 aliphatic carbocycles. The molecule has 0 rings (SSSR count). The summed E-state index contributed by atoms with van der Waals surface area (Å²) in [5, 5.41) is 9.53. The van der Waals surface area contributed by atoms with Crippen molar-refractivity contribution >= 4 is 11.9 Å². The molecular weight excluding hydrogens is 256 g/mol. The molecule has 0 aliphatic heterocycles. The van der Waals surface area contributed by atoms with E-state index < -0.39 is 23.3 Å². The molecule has 0 aromatic carbocycles. The van der Waals surface area contributed by atoms with Gasteiger partial charge < -0.3 is 9.84 Å². The Kier molecular flexibility index (Phi) is 7.25. The highest BCUT2D eigenvalue weighted by atomic mass is 16.5. The van der Waals surface area contributed by atoms with Gasteiger partial charge in [0.15, 0.2) is 0 Å². The van der Waals surface area contributed by atoms with E-state index in [0.29, 0.717) is 13.0 Å². The van der Waals surface area contributed by atoms with Gasteiger partial charge in [-0.2, -0.15) is 0 Å². The van der Waals surface area contributed by atoms with Crippen LogP contribution in [0.3, 0.4) is 0 Å². The largest absolute Gasteiger partial charge is 0.481 e. The molecule has 4 heteroatoms. The van der Waals surface area contributed by atoms with Crippen molar-refractivity contribution in [2.75, 3.05) is 6.61 Å². The molecule has 0 amide bonds. The maximum absolute atomic E-state index is 12.5. The molecule has 0 bridgehead atoms. The Balaban J connectivity index is 5.32. The number of hydrogen-bond acceptors (Lipinski definition) is 3. The van der Waals surface area contributed by atoms with Gasteiger partial charge in [0, 0.05) is 0 Å².